The summed E-state index contributed by atoms with van der Waals surface area (Å²) in [5.74, 6) is 0.575. The second-order valence-electron chi connectivity index (χ2n) is 8.15. The van der Waals surface area contributed by atoms with E-state index >= 15 is 0 Å². The quantitative estimate of drug-likeness (QED) is 0.675. The van der Waals surface area contributed by atoms with Gasteiger partial charge in [-0.05, 0) is 62.4 Å². The van der Waals surface area contributed by atoms with E-state index in [4.69, 9.17) is 16.3 Å². The Morgan fingerprint density at radius 2 is 1.84 bits per heavy atom. The number of nitrogens with one attached hydrogen (secondary N) is 1. The van der Waals surface area contributed by atoms with Gasteiger partial charge in [0, 0.05) is 24.2 Å². The number of ether oxygens (including phenoxy) is 1. The Bertz CT molecular complexity index is 895. The van der Waals surface area contributed by atoms with Gasteiger partial charge in [-0.3, -0.25) is 9.59 Å². The van der Waals surface area contributed by atoms with E-state index in [0.29, 0.717) is 23.9 Å². The van der Waals surface area contributed by atoms with Gasteiger partial charge in [0.15, 0.2) is 6.10 Å². The summed E-state index contributed by atoms with van der Waals surface area (Å²) in [6, 6.07) is 15.3. The first-order valence-electron chi connectivity index (χ1n) is 11.0. The minimum atomic E-state index is -0.609. The number of aryl methyl sites for hydroxylation is 1. The summed E-state index contributed by atoms with van der Waals surface area (Å²) in [6.07, 6.45) is 1.66. The van der Waals surface area contributed by atoms with E-state index in [2.05, 4.69) is 5.32 Å². The Hall–Kier alpha value is -2.53. The third-order valence-corrected chi connectivity index (χ3v) is 6.11. The lowest BCUT2D eigenvalue weighted by atomic mass is 9.93. The third-order valence-electron chi connectivity index (χ3n) is 5.87. The SMILES string of the molecule is CCC(C(=O)N1CCC(NC(=O)C(C)Oc2ccc(Cl)cc2C)CC1)c1ccccc1. The summed E-state index contributed by atoms with van der Waals surface area (Å²) >= 11 is 5.98. The van der Waals surface area contributed by atoms with Crippen LogP contribution >= 0.6 is 11.6 Å². The predicted molar refractivity (Wildman–Crippen MR) is 123 cm³/mol. The summed E-state index contributed by atoms with van der Waals surface area (Å²) in [6.45, 7) is 6.99. The molecule has 6 heteroatoms. The normalized spacial score (nSPS) is 16.5. The molecule has 3 rings (SSSR count). The molecule has 166 valence electrons. The van der Waals surface area contributed by atoms with Crippen molar-refractivity contribution in [3.05, 3.63) is 64.7 Å². The van der Waals surface area contributed by atoms with Gasteiger partial charge in [0.1, 0.15) is 5.75 Å². The van der Waals surface area contributed by atoms with Crippen molar-refractivity contribution in [2.75, 3.05) is 13.1 Å². The Labute approximate surface area is 189 Å². The lowest BCUT2D eigenvalue weighted by Crippen LogP contribution is -2.50. The van der Waals surface area contributed by atoms with Crippen molar-refractivity contribution in [1.29, 1.82) is 0 Å². The monoisotopic (exact) mass is 442 g/mol. The Kier molecular flexibility index (Phi) is 7.97. The number of benzene rings is 2. The lowest BCUT2D eigenvalue weighted by molar-refractivity contribution is -0.134. The van der Waals surface area contributed by atoms with Gasteiger partial charge in [0.2, 0.25) is 5.91 Å². The number of carbonyl (C=O) groups excluding carboxylic acids is 2. The second-order valence-corrected chi connectivity index (χ2v) is 8.59. The van der Waals surface area contributed by atoms with Crippen LogP contribution < -0.4 is 10.1 Å². The fourth-order valence-corrected chi connectivity index (χ4v) is 4.24. The van der Waals surface area contributed by atoms with Crippen LogP contribution in [-0.2, 0) is 9.59 Å². The molecule has 1 aliphatic rings. The fraction of sp³-hybridized carbons (Fsp3) is 0.440. The molecule has 0 aromatic heterocycles. The van der Waals surface area contributed by atoms with Crippen molar-refractivity contribution in [1.82, 2.24) is 10.2 Å². The fourth-order valence-electron chi connectivity index (χ4n) is 4.01. The lowest BCUT2D eigenvalue weighted by Gasteiger charge is -2.35. The van der Waals surface area contributed by atoms with Crippen LogP contribution in [0.2, 0.25) is 5.02 Å². The summed E-state index contributed by atoms with van der Waals surface area (Å²) < 4.78 is 5.82. The van der Waals surface area contributed by atoms with Gasteiger partial charge < -0.3 is 15.0 Å². The maximum atomic E-state index is 13.0. The number of piperidine rings is 1. The summed E-state index contributed by atoms with van der Waals surface area (Å²) in [5, 5.41) is 3.72. The summed E-state index contributed by atoms with van der Waals surface area (Å²) in [5.41, 5.74) is 1.96. The molecule has 1 saturated heterocycles. The van der Waals surface area contributed by atoms with Crippen molar-refractivity contribution in [2.45, 2.75) is 58.1 Å². The van der Waals surface area contributed by atoms with Gasteiger partial charge >= 0.3 is 0 Å². The van der Waals surface area contributed by atoms with E-state index in [-0.39, 0.29) is 23.8 Å². The Morgan fingerprint density at radius 3 is 2.45 bits per heavy atom. The molecular formula is C25H31ClN2O3. The number of carbonyl (C=O) groups is 2. The molecule has 31 heavy (non-hydrogen) atoms. The molecule has 1 fully saturated rings. The van der Waals surface area contributed by atoms with Crippen molar-refractivity contribution in [3.8, 4) is 5.75 Å². The van der Waals surface area contributed by atoms with Crippen LogP contribution in [0.4, 0.5) is 0 Å². The van der Waals surface area contributed by atoms with Crippen LogP contribution in [-0.4, -0.2) is 41.9 Å². The highest BCUT2D eigenvalue weighted by Crippen LogP contribution is 2.25. The highest BCUT2D eigenvalue weighted by Gasteiger charge is 2.29. The third kappa shape index (κ3) is 6.01. The summed E-state index contributed by atoms with van der Waals surface area (Å²) in [4.78, 5) is 27.6. The van der Waals surface area contributed by atoms with Gasteiger partial charge in [-0.2, -0.15) is 0 Å². The van der Waals surface area contributed by atoms with Gasteiger partial charge in [-0.15, -0.1) is 0 Å². The Morgan fingerprint density at radius 1 is 1.16 bits per heavy atom. The molecule has 0 radical (unpaired) electrons. The van der Waals surface area contributed by atoms with Gasteiger partial charge in [0.25, 0.3) is 5.91 Å². The zero-order valence-corrected chi connectivity index (χ0v) is 19.2. The molecule has 2 unspecified atom stereocenters. The molecule has 5 nitrogen and oxygen atoms in total. The van der Waals surface area contributed by atoms with E-state index in [9.17, 15) is 9.59 Å². The van der Waals surface area contributed by atoms with Crippen molar-refractivity contribution >= 4 is 23.4 Å². The van der Waals surface area contributed by atoms with Crippen LogP contribution in [0.1, 0.15) is 50.2 Å². The molecule has 2 amide bonds. The standard InChI is InChI=1S/C25H31ClN2O3/c1-4-22(19-8-6-5-7-9-19)25(30)28-14-12-21(13-15-28)27-24(29)18(3)31-23-11-10-20(26)16-17(23)2/h5-11,16,18,21-22H,4,12-15H2,1-3H3,(H,27,29). The maximum Gasteiger partial charge on any atom is 0.260 e. The van der Waals surface area contributed by atoms with Crippen molar-refractivity contribution in [3.63, 3.8) is 0 Å². The number of hydrogen-bond donors (Lipinski definition) is 1. The molecule has 0 spiro atoms. The molecule has 1 N–H and O–H groups in total. The van der Waals surface area contributed by atoms with E-state index in [1.54, 1.807) is 19.1 Å². The number of nitrogens with zero attached hydrogens (tertiary/aromatic N) is 1. The van der Waals surface area contributed by atoms with Crippen LogP contribution in [0.15, 0.2) is 48.5 Å². The van der Waals surface area contributed by atoms with Crippen molar-refractivity contribution in [2.24, 2.45) is 0 Å². The van der Waals surface area contributed by atoms with Crippen LogP contribution in [0.25, 0.3) is 0 Å². The second kappa shape index (κ2) is 10.7. The van der Waals surface area contributed by atoms with E-state index in [1.807, 2.05) is 55.1 Å². The van der Waals surface area contributed by atoms with Gasteiger partial charge in [-0.25, -0.2) is 0 Å². The molecule has 1 heterocycles. The Balaban J connectivity index is 1.50. The number of hydrogen-bond acceptors (Lipinski definition) is 3. The number of amides is 2. The first kappa shape index (κ1) is 23.1. The average molecular weight is 443 g/mol. The number of likely N-dealkylation sites (tertiary alicyclic amines) is 1. The molecule has 1 aliphatic heterocycles. The smallest absolute Gasteiger partial charge is 0.260 e. The predicted octanol–water partition coefficient (Wildman–Crippen LogP) is 4.72. The number of rotatable bonds is 7. The first-order valence-corrected chi connectivity index (χ1v) is 11.3. The van der Waals surface area contributed by atoms with E-state index < -0.39 is 6.10 Å². The molecule has 2 aromatic rings. The zero-order chi connectivity index (χ0) is 22.4. The van der Waals surface area contributed by atoms with E-state index in [1.165, 1.54) is 0 Å². The molecule has 0 bridgehead atoms. The topological polar surface area (TPSA) is 58.6 Å². The molecule has 0 saturated carbocycles. The first-order chi connectivity index (χ1) is 14.9. The minimum absolute atomic E-state index is 0.0470. The molecule has 2 aromatic carbocycles. The minimum Gasteiger partial charge on any atom is -0.481 e. The van der Waals surface area contributed by atoms with E-state index in [0.717, 1.165) is 30.4 Å². The molecule has 2 atom stereocenters. The maximum absolute atomic E-state index is 13.0. The summed E-state index contributed by atoms with van der Waals surface area (Å²) in [7, 11) is 0. The van der Waals surface area contributed by atoms with Crippen LogP contribution in [0.5, 0.6) is 5.75 Å². The van der Waals surface area contributed by atoms with Gasteiger partial charge in [0.05, 0.1) is 5.92 Å². The highest BCUT2D eigenvalue weighted by molar-refractivity contribution is 6.30. The molecular weight excluding hydrogens is 412 g/mol. The molecule has 0 aliphatic carbocycles. The zero-order valence-electron chi connectivity index (χ0n) is 18.4. The highest BCUT2D eigenvalue weighted by atomic mass is 35.5. The van der Waals surface area contributed by atoms with Crippen LogP contribution in [0, 0.1) is 6.92 Å². The van der Waals surface area contributed by atoms with Gasteiger partial charge in [-0.1, -0.05) is 48.9 Å². The largest absolute Gasteiger partial charge is 0.481 e. The number of halogens is 1. The van der Waals surface area contributed by atoms with Crippen LogP contribution in [0.3, 0.4) is 0 Å². The average Bonchev–Trinajstić information content (AvgIpc) is 2.77. The van der Waals surface area contributed by atoms with Crippen molar-refractivity contribution < 1.29 is 14.3 Å².